The molecule has 0 saturated heterocycles. The van der Waals surface area contributed by atoms with Crippen molar-refractivity contribution in [2.24, 2.45) is 0 Å². The largest absolute Gasteiger partial charge is 0.436 e. The van der Waals surface area contributed by atoms with Crippen LogP contribution in [0.3, 0.4) is 0 Å². The number of nitrogens with zero attached hydrogens (tertiary/aromatic N) is 2. The van der Waals surface area contributed by atoms with E-state index in [2.05, 4.69) is 181 Å². The van der Waals surface area contributed by atoms with Gasteiger partial charge >= 0.3 is 0 Å². The van der Waals surface area contributed by atoms with Gasteiger partial charge in [-0.1, -0.05) is 146 Å². The van der Waals surface area contributed by atoms with Gasteiger partial charge in [-0.25, -0.2) is 4.98 Å². The van der Waals surface area contributed by atoms with Gasteiger partial charge in [-0.15, -0.1) is 11.3 Å². The SMILES string of the molecule is c1ccc(-c2ccc(N(c3ccc(-c4ccccc4)c(-c4cccc5ccccc45)c3)c3ccc4c(c3)sc3cc5nc(-c6ccccc6)oc5cc34)cc2)cc1. The van der Waals surface area contributed by atoms with E-state index in [1.165, 1.54) is 64.3 Å². The first-order chi connectivity index (χ1) is 28.2. The monoisotopic (exact) mass is 746 g/mol. The van der Waals surface area contributed by atoms with Gasteiger partial charge in [0.2, 0.25) is 5.89 Å². The molecule has 0 aliphatic rings. The molecule has 3 nitrogen and oxygen atoms in total. The average Bonchev–Trinajstić information content (AvgIpc) is 3.87. The van der Waals surface area contributed by atoms with Gasteiger partial charge in [-0.05, 0) is 105 Å². The van der Waals surface area contributed by atoms with Gasteiger partial charge in [0.1, 0.15) is 5.52 Å². The van der Waals surface area contributed by atoms with Gasteiger partial charge < -0.3 is 9.32 Å². The van der Waals surface area contributed by atoms with Crippen molar-refractivity contribution in [3.63, 3.8) is 0 Å². The topological polar surface area (TPSA) is 29.3 Å². The highest BCUT2D eigenvalue weighted by atomic mass is 32.1. The van der Waals surface area contributed by atoms with E-state index in [1.807, 2.05) is 30.3 Å². The standard InChI is InChI=1S/C53H34N2OS/c1-4-13-35(14-5-1)36-23-25-40(26-24-36)55(41-27-29-44(37-15-6-2-7-16-37)47(31-41)45-22-12-20-38-17-10-11-21-43(38)45)42-28-30-46-48-33-50-49(34-52(48)57-51(46)32-42)54-53(56-50)39-18-8-3-9-19-39/h1-34H. The van der Waals surface area contributed by atoms with Gasteiger partial charge in [0.25, 0.3) is 0 Å². The average molecular weight is 747 g/mol. The normalized spacial score (nSPS) is 11.5. The van der Waals surface area contributed by atoms with Crippen molar-refractivity contribution in [3.05, 3.63) is 206 Å². The Bertz CT molecular complexity index is 3220. The Morgan fingerprint density at radius 1 is 0.386 bits per heavy atom. The molecule has 0 radical (unpaired) electrons. The molecule has 11 aromatic rings. The van der Waals surface area contributed by atoms with Crippen LogP contribution in [0.25, 0.3) is 86.9 Å². The minimum absolute atomic E-state index is 0.643. The molecule has 0 aliphatic carbocycles. The molecule has 0 aliphatic heterocycles. The zero-order valence-electron chi connectivity index (χ0n) is 30.8. The third kappa shape index (κ3) is 5.95. The van der Waals surface area contributed by atoms with Gasteiger partial charge in [-0.2, -0.15) is 0 Å². The number of hydrogen-bond donors (Lipinski definition) is 0. The first-order valence-corrected chi connectivity index (χ1v) is 20.0. The van der Waals surface area contributed by atoms with Crippen LogP contribution in [0.15, 0.2) is 211 Å². The lowest BCUT2D eigenvalue weighted by molar-refractivity contribution is 0.620. The van der Waals surface area contributed by atoms with Crippen LogP contribution in [0.4, 0.5) is 17.1 Å². The highest BCUT2D eigenvalue weighted by Crippen LogP contribution is 2.45. The number of anilines is 3. The Morgan fingerprint density at radius 3 is 1.79 bits per heavy atom. The van der Waals surface area contributed by atoms with Crippen LogP contribution in [0, 0.1) is 0 Å². The number of benzene rings is 9. The van der Waals surface area contributed by atoms with E-state index < -0.39 is 0 Å². The lowest BCUT2D eigenvalue weighted by atomic mass is 9.90. The first kappa shape index (κ1) is 33.1. The molecular weight excluding hydrogens is 713 g/mol. The second kappa shape index (κ2) is 13.8. The molecule has 57 heavy (non-hydrogen) atoms. The molecule has 2 aromatic heterocycles. The van der Waals surface area contributed by atoms with Crippen molar-refractivity contribution < 1.29 is 4.42 Å². The summed E-state index contributed by atoms with van der Waals surface area (Å²) in [7, 11) is 0. The molecular formula is C53H34N2OS. The third-order valence-electron chi connectivity index (χ3n) is 10.9. The third-order valence-corrected chi connectivity index (χ3v) is 12.0. The highest BCUT2D eigenvalue weighted by Gasteiger charge is 2.20. The number of oxazole rings is 1. The number of thiophene rings is 1. The molecule has 0 unspecified atom stereocenters. The lowest BCUT2D eigenvalue weighted by Gasteiger charge is -2.27. The molecule has 0 saturated carbocycles. The van der Waals surface area contributed by atoms with Crippen molar-refractivity contribution >= 4 is 70.4 Å². The minimum Gasteiger partial charge on any atom is -0.436 e. The fourth-order valence-corrected chi connectivity index (χ4v) is 9.29. The summed E-state index contributed by atoms with van der Waals surface area (Å²) in [6.07, 6.45) is 0. The molecule has 268 valence electrons. The Balaban J connectivity index is 1.09. The number of hydrogen-bond acceptors (Lipinski definition) is 4. The molecule has 9 aromatic carbocycles. The van der Waals surface area contributed by atoms with Crippen LogP contribution < -0.4 is 4.90 Å². The van der Waals surface area contributed by atoms with Gasteiger partial charge in [0.15, 0.2) is 5.58 Å². The second-order valence-corrected chi connectivity index (χ2v) is 15.4. The van der Waals surface area contributed by atoms with E-state index in [0.29, 0.717) is 5.89 Å². The number of aromatic nitrogens is 1. The first-order valence-electron chi connectivity index (χ1n) is 19.2. The van der Waals surface area contributed by atoms with Gasteiger partial charge in [0.05, 0.1) is 0 Å². The predicted octanol–water partition coefficient (Wildman–Crippen LogP) is 15.5. The van der Waals surface area contributed by atoms with Crippen molar-refractivity contribution in [2.45, 2.75) is 0 Å². The summed E-state index contributed by atoms with van der Waals surface area (Å²) in [6, 6.07) is 73.7. The summed E-state index contributed by atoms with van der Waals surface area (Å²) >= 11 is 1.80. The highest BCUT2D eigenvalue weighted by molar-refractivity contribution is 7.25. The molecule has 11 rings (SSSR count). The zero-order valence-corrected chi connectivity index (χ0v) is 31.7. The molecule has 0 spiro atoms. The quantitative estimate of drug-likeness (QED) is 0.163. The molecule has 0 atom stereocenters. The van der Waals surface area contributed by atoms with Crippen LogP contribution in [-0.4, -0.2) is 4.98 Å². The summed E-state index contributed by atoms with van der Waals surface area (Å²) in [5.41, 5.74) is 13.1. The van der Waals surface area contributed by atoms with Gasteiger partial charge in [0, 0.05) is 42.8 Å². The molecule has 0 bridgehead atoms. The summed E-state index contributed by atoms with van der Waals surface area (Å²) in [5.74, 6) is 0.643. The van der Waals surface area contributed by atoms with Crippen LogP contribution in [0.5, 0.6) is 0 Å². The van der Waals surface area contributed by atoms with Crippen molar-refractivity contribution in [1.82, 2.24) is 4.98 Å². The molecule has 4 heteroatoms. The van der Waals surface area contributed by atoms with E-state index in [0.717, 1.165) is 33.7 Å². The minimum atomic E-state index is 0.643. The molecule has 0 fully saturated rings. The zero-order chi connectivity index (χ0) is 37.7. The smallest absolute Gasteiger partial charge is 0.227 e. The molecule has 2 heterocycles. The van der Waals surface area contributed by atoms with Crippen molar-refractivity contribution in [1.29, 1.82) is 0 Å². The van der Waals surface area contributed by atoms with E-state index in [-0.39, 0.29) is 0 Å². The van der Waals surface area contributed by atoms with E-state index >= 15 is 0 Å². The fraction of sp³-hybridized carbons (Fsp3) is 0. The van der Waals surface area contributed by atoms with E-state index in [4.69, 9.17) is 9.40 Å². The maximum absolute atomic E-state index is 6.30. The summed E-state index contributed by atoms with van der Waals surface area (Å²) < 4.78 is 8.70. The van der Waals surface area contributed by atoms with Gasteiger partial charge in [-0.3, -0.25) is 0 Å². The van der Waals surface area contributed by atoms with Crippen LogP contribution in [0.1, 0.15) is 0 Å². The Hall–Kier alpha value is -7.27. The molecule has 0 amide bonds. The van der Waals surface area contributed by atoms with Crippen LogP contribution in [0.2, 0.25) is 0 Å². The summed E-state index contributed by atoms with van der Waals surface area (Å²) in [4.78, 5) is 7.26. The number of fused-ring (bicyclic) bond motifs is 5. The predicted molar refractivity (Wildman–Crippen MR) is 241 cm³/mol. The maximum Gasteiger partial charge on any atom is 0.227 e. The Labute approximate surface area is 334 Å². The summed E-state index contributed by atoms with van der Waals surface area (Å²) in [5, 5.41) is 4.83. The second-order valence-electron chi connectivity index (χ2n) is 14.4. The van der Waals surface area contributed by atoms with Crippen LogP contribution in [-0.2, 0) is 0 Å². The maximum atomic E-state index is 6.30. The Kier molecular flexibility index (Phi) is 8.01. The van der Waals surface area contributed by atoms with Crippen LogP contribution >= 0.6 is 11.3 Å². The Morgan fingerprint density at radius 2 is 1.00 bits per heavy atom. The van der Waals surface area contributed by atoms with Crippen molar-refractivity contribution in [3.8, 4) is 44.8 Å². The van der Waals surface area contributed by atoms with E-state index in [9.17, 15) is 0 Å². The van der Waals surface area contributed by atoms with Crippen molar-refractivity contribution in [2.75, 3.05) is 4.90 Å². The lowest BCUT2D eigenvalue weighted by Crippen LogP contribution is -2.10. The molecule has 0 N–H and O–H groups in total. The van der Waals surface area contributed by atoms with E-state index in [1.54, 1.807) is 11.3 Å². The fourth-order valence-electron chi connectivity index (χ4n) is 8.13. The summed E-state index contributed by atoms with van der Waals surface area (Å²) in [6.45, 7) is 0. The number of rotatable bonds is 7.